The van der Waals surface area contributed by atoms with Crippen molar-refractivity contribution in [1.29, 1.82) is 0 Å². The molecule has 0 heterocycles. The molecule has 6 nitrogen and oxygen atoms in total. The van der Waals surface area contributed by atoms with Gasteiger partial charge in [0.15, 0.2) is 0 Å². The van der Waals surface area contributed by atoms with Crippen LogP contribution in [-0.4, -0.2) is 27.1 Å². The van der Waals surface area contributed by atoms with Gasteiger partial charge >= 0.3 is 0 Å². The van der Waals surface area contributed by atoms with Gasteiger partial charge < -0.3 is 0 Å². The second-order valence-corrected chi connectivity index (χ2v) is 9.33. The first-order chi connectivity index (χ1) is 14.8. The molecule has 0 bridgehead atoms. The number of amides is 1. The predicted octanol–water partition coefficient (Wildman–Crippen LogP) is 4.99. The van der Waals surface area contributed by atoms with E-state index in [9.17, 15) is 13.2 Å². The first-order valence-corrected chi connectivity index (χ1v) is 11.5. The number of hydrogen-bond acceptors (Lipinski definition) is 4. The zero-order valence-electron chi connectivity index (χ0n) is 15.9. The van der Waals surface area contributed by atoms with Gasteiger partial charge in [-0.2, -0.15) is 5.10 Å². The minimum Gasteiger partial charge on any atom is -0.271 e. The number of carbonyl (C=O) groups excluding carboxylic acids is 1. The number of anilines is 1. The molecule has 0 atom stereocenters. The lowest BCUT2D eigenvalue weighted by Crippen LogP contribution is -2.39. The van der Waals surface area contributed by atoms with Gasteiger partial charge in [-0.3, -0.25) is 9.10 Å². The largest absolute Gasteiger partial charge is 0.271 e. The second kappa shape index (κ2) is 10.2. The van der Waals surface area contributed by atoms with E-state index in [2.05, 4.69) is 10.5 Å². The molecule has 3 aromatic carbocycles. The first-order valence-electron chi connectivity index (χ1n) is 8.88. The third-order valence-corrected chi connectivity index (χ3v) is 6.93. The minimum atomic E-state index is -4.11. The van der Waals surface area contributed by atoms with Gasteiger partial charge in [0, 0.05) is 5.02 Å². The van der Waals surface area contributed by atoms with Gasteiger partial charge in [-0.1, -0.05) is 71.2 Å². The average Bonchev–Trinajstić information content (AvgIpc) is 2.76. The topological polar surface area (TPSA) is 78.8 Å². The predicted molar refractivity (Wildman–Crippen MR) is 125 cm³/mol. The summed E-state index contributed by atoms with van der Waals surface area (Å²) >= 11 is 18.2. The Balaban J connectivity index is 1.87. The number of nitrogens with one attached hydrogen (secondary N) is 1. The molecule has 0 spiro atoms. The zero-order chi connectivity index (χ0) is 22.4. The van der Waals surface area contributed by atoms with Crippen LogP contribution in [0.5, 0.6) is 0 Å². The number of halogens is 3. The Labute approximate surface area is 195 Å². The fraction of sp³-hybridized carbons (Fsp3) is 0.0476. The minimum absolute atomic E-state index is 0.00325. The summed E-state index contributed by atoms with van der Waals surface area (Å²) in [6.45, 7) is -0.560. The molecule has 0 aliphatic rings. The molecular formula is C21H16Cl3N3O3S. The normalized spacial score (nSPS) is 11.5. The highest BCUT2D eigenvalue weighted by molar-refractivity contribution is 7.92. The van der Waals surface area contributed by atoms with Crippen molar-refractivity contribution in [2.24, 2.45) is 5.10 Å². The Morgan fingerprint density at radius 2 is 1.61 bits per heavy atom. The van der Waals surface area contributed by atoms with Crippen molar-refractivity contribution in [3.63, 3.8) is 0 Å². The van der Waals surface area contributed by atoms with Gasteiger partial charge in [-0.15, -0.1) is 0 Å². The summed E-state index contributed by atoms with van der Waals surface area (Å²) in [5, 5.41) is 4.61. The number of rotatable bonds is 7. The molecule has 10 heteroatoms. The number of hydrogen-bond donors (Lipinski definition) is 1. The molecule has 160 valence electrons. The smallest absolute Gasteiger partial charge is 0.264 e. The van der Waals surface area contributed by atoms with E-state index in [1.54, 1.807) is 48.5 Å². The van der Waals surface area contributed by atoms with Crippen molar-refractivity contribution >= 4 is 62.6 Å². The summed E-state index contributed by atoms with van der Waals surface area (Å²) in [6, 6.07) is 19.1. The Morgan fingerprint density at radius 1 is 0.935 bits per heavy atom. The molecule has 31 heavy (non-hydrogen) atoms. The van der Waals surface area contributed by atoms with Crippen LogP contribution in [0.1, 0.15) is 5.56 Å². The molecule has 3 aromatic rings. The molecule has 0 saturated carbocycles. The molecular weight excluding hydrogens is 481 g/mol. The van der Waals surface area contributed by atoms with E-state index in [0.29, 0.717) is 10.6 Å². The maximum atomic E-state index is 13.3. The van der Waals surface area contributed by atoms with E-state index < -0.39 is 22.5 Å². The van der Waals surface area contributed by atoms with E-state index in [-0.39, 0.29) is 20.6 Å². The molecule has 1 N–H and O–H groups in total. The van der Waals surface area contributed by atoms with Gasteiger partial charge in [0.05, 0.1) is 26.8 Å². The molecule has 0 aromatic heterocycles. The van der Waals surface area contributed by atoms with Crippen LogP contribution in [-0.2, 0) is 14.8 Å². The summed E-state index contributed by atoms with van der Waals surface area (Å²) in [4.78, 5) is 12.5. The molecule has 0 saturated heterocycles. The first kappa shape index (κ1) is 23.1. The van der Waals surface area contributed by atoms with E-state index >= 15 is 0 Å². The highest BCUT2D eigenvalue weighted by Gasteiger charge is 2.29. The van der Waals surface area contributed by atoms with Crippen molar-refractivity contribution in [3.05, 3.63) is 93.4 Å². The lowest BCUT2D eigenvalue weighted by Gasteiger charge is -2.24. The summed E-state index contributed by atoms with van der Waals surface area (Å²) in [5.41, 5.74) is 3.10. The quantitative estimate of drug-likeness (QED) is 0.370. The maximum absolute atomic E-state index is 13.3. The van der Waals surface area contributed by atoms with Crippen LogP contribution in [0.4, 0.5) is 5.69 Å². The molecule has 0 unspecified atom stereocenters. The Kier molecular flexibility index (Phi) is 7.56. The van der Waals surface area contributed by atoms with Crippen LogP contribution in [0.25, 0.3) is 0 Å². The lowest BCUT2D eigenvalue weighted by atomic mass is 10.2. The van der Waals surface area contributed by atoms with Crippen molar-refractivity contribution in [2.75, 3.05) is 10.8 Å². The van der Waals surface area contributed by atoms with Gasteiger partial charge in [0.1, 0.15) is 6.54 Å². The fourth-order valence-corrected chi connectivity index (χ4v) is 4.63. The summed E-state index contributed by atoms with van der Waals surface area (Å²) < 4.78 is 27.4. The van der Waals surface area contributed by atoms with Crippen molar-refractivity contribution in [1.82, 2.24) is 5.43 Å². The summed E-state index contributed by atoms with van der Waals surface area (Å²) in [5.74, 6) is -0.666. The monoisotopic (exact) mass is 495 g/mol. The maximum Gasteiger partial charge on any atom is 0.264 e. The Morgan fingerprint density at radius 3 is 2.29 bits per heavy atom. The molecule has 0 radical (unpaired) electrons. The Bertz CT molecular complexity index is 1200. The summed E-state index contributed by atoms with van der Waals surface area (Å²) in [7, 11) is -4.11. The third-order valence-electron chi connectivity index (χ3n) is 4.09. The number of nitrogens with zero attached hydrogens (tertiary/aromatic N) is 2. The van der Waals surface area contributed by atoms with Gasteiger partial charge in [0.2, 0.25) is 0 Å². The van der Waals surface area contributed by atoms with E-state index in [0.717, 1.165) is 4.31 Å². The van der Waals surface area contributed by atoms with Crippen LogP contribution >= 0.6 is 34.8 Å². The molecule has 0 aliphatic heterocycles. The number of benzene rings is 3. The van der Waals surface area contributed by atoms with Gasteiger partial charge in [0.25, 0.3) is 15.9 Å². The van der Waals surface area contributed by atoms with Crippen LogP contribution < -0.4 is 9.73 Å². The zero-order valence-corrected chi connectivity index (χ0v) is 19.0. The van der Waals surface area contributed by atoms with Gasteiger partial charge in [-0.05, 0) is 42.0 Å². The third kappa shape index (κ3) is 5.77. The van der Waals surface area contributed by atoms with Crippen molar-refractivity contribution in [3.8, 4) is 0 Å². The van der Waals surface area contributed by atoms with Crippen molar-refractivity contribution < 1.29 is 13.2 Å². The number of sulfonamides is 1. The summed E-state index contributed by atoms with van der Waals surface area (Å²) in [6.07, 6.45) is 1.41. The number of carbonyl (C=O) groups is 1. The van der Waals surface area contributed by atoms with Crippen LogP contribution in [0.3, 0.4) is 0 Å². The fourth-order valence-electron chi connectivity index (χ4n) is 2.60. The molecule has 3 rings (SSSR count). The van der Waals surface area contributed by atoms with E-state index in [4.69, 9.17) is 34.8 Å². The van der Waals surface area contributed by atoms with Gasteiger partial charge in [-0.25, -0.2) is 13.8 Å². The second-order valence-electron chi connectivity index (χ2n) is 6.24. The number of hydrazone groups is 1. The standard InChI is InChI=1S/C21H16Cl3N3O3S/c22-16-11-9-15(10-12-16)13-25-26-20(28)14-27(19-8-4-7-18(23)21(19)24)31(29,30)17-5-2-1-3-6-17/h1-13H,14H2,(H,26,28)/b25-13+. The highest BCUT2D eigenvalue weighted by Crippen LogP contribution is 2.35. The highest BCUT2D eigenvalue weighted by atomic mass is 35.5. The molecule has 0 fully saturated rings. The lowest BCUT2D eigenvalue weighted by molar-refractivity contribution is -0.119. The van der Waals surface area contributed by atoms with Crippen LogP contribution in [0.2, 0.25) is 15.1 Å². The van der Waals surface area contributed by atoms with Crippen molar-refractivity contribution in [2.45, 2.75) is 4.90 Å². The Hall–Kier alpha value is -2.58. The van der Waals surface area contributed by atoms with Crippen LogP contribution in [0.15, 0.2) is 82.8 Å². The SMILES string of the molecule is O=C(CN(c1cccc(Cl)c1Cl)S(=O)(=O)c1ccccc1)N/N=C/c1ccc(Cl)cc1. The van der Waals surface area contributed by atoms with Crippen LogP contribution in [0, 0.1) is 0 Å². The van der Waals surface area contributed by atoms with E-state index in [1.165, 1.54) is 30.5 Å². The van der Waals surface area contributed by atoms with E-state index in [1.807, 2.05) is 0 Å². The molecule has 1 amide bonds. The average molecular weight is 497 g/mol. The molecule has 0 aliphatic carbocycles.